The Morgan fingerprint density at radius 2 is 2.11 bits per heavy atom. The van der Waals surface area contributed by atoms with Crippen molar-refractivity contribution in [2.24, 2.45) is 0 Å². The van der Waals surface area contributed by atoms with Crippen molar-refractivity contribution in [3.05, 3.63) is 23.4 Å². The van der Waals surface area contributed by atoms with E-state index in [0.717, 1.165) is 30.0 Å². The molecule has 0 bridgehead atoms. The second kappa shape index (κ2) is 7.34. The predicted octanol–water partition coefficient (Wildman–Crippen LogP) is 2.00. The largest absolute Gasteiger partial charge is 0.392 e. The number of hydrogen-bond donors (Lipinski definition) is 1. The molecule has 0 atom stereocenters. The van der Waals surface area contributed by atoms with Gasteiger partial charge in [-0.3, -0.25) is 0 Å². The highest BCUT2D eigenvalue weighted by atomic mass is 16.5. The summed E-state index contributed by atoms with van der Waals surface area (Å²) in [5.74, 6) is 0.894. The van der Waals surface area contributed by atoms with Gasteiger partial charge in [0, 0.05) is 19.3 Å². The van der Waals surface area contributed by atoms with E-state index in [2.05, 4.69) is 16.8 Å². The minimum Gasteiger partial charge on any atom is -0.392 e. The van der Waals surface area contributed by atoms with E-state index in [1.165, 1.54) is 0 Å². The number of aliphatic hydroxyl groups is 1. The molecule has 0 saturated carbocycles. The molecule has 4 heteroatoms. The molecule has 1 rings (SSSR count). The maximum atomic E-state index is 9.24. The van der Waals surface area contributed by atoms with Gasteiger partial charge in [0.15, 0.2) is 0 Å². The minimum absolute atomic E-state index is 0.0544. The molecule has 0 aliphatic carbocycles. The Morgan fingerprint density at radius 3 is 2.67 bits per heavy atom. The Hall–Kier alpha value is -1.13. The average molecular weight is 252 g/mol. The summed E-state index contributed by atoms with van der Waals surface area (Å²) in [4.78, 5) is 6.61. The number of nitrogens with zero attached hydrogens (tertiary/aromatic N) is 2. The number of likely N-dealkylation sites (N-methyl/N-ethyl adjacent to an activating group) is 1. The van der Waals surface area contributed by atoms with Crippen LogP contribution in [-0.2, 0) is 17.8 Å². The molecular weight excluding hydrogens is 228 g/mol. The maximum absolute atomic E-state index is 9.24. The highest BCUT2D eigenvalue weighted by Crippen LogP contribution is 2.14. The third-order valence-electron chi connectivity index (χ3n) is 2.74. The van der Waals surface area contributed by atoms with Crippen molar-refractivity contribution < 1.29 is 9.84 Å². The van der Waals surface area contributed by atoms with Crippen molar-refractivity contribution in [1.29, 1.82) is 0 Å². The smallest absolute Gasteiger partial charge is 0.128 e. The summed E-state index contributed by atoms with van der Waals surface area (Å²) in [6, 6.07) is 3.87. The van der Waals surface area contributed by atoms with Crippen LogP contribution in [0.3, 0.4) is 0 Å². The summed E-state index contributed by atoms with van der Waals surface area (Å²) in [6.45, 7) is 7.65. The Morgan fingerprint density at radius 1 is 1.39 bits per heavy atom. The monoisotopic (exact) mass is 252 g/mol. The third-order valence-corrected chi connectivity index (χ3v) is 2.74. The van der Waals surface area contributed by atoms with E-state index >= 15 is 0 Å². The van der Waals surface area contributed by atoms with Gasteiger partial charge in [-0.05, 0) is 38.0 Å². The first kappa shape index (κ1) is 14.9. The molecule has 0 aliphatic rings. The molecule has 1 aromatic heterocycles. The third kappa shape index (κ3) is 4.63. The van der Waals surface area contributed by atoms with E-state index in [0.29, 0.717) is 6.61 Å². The summed E-state index contributed by atoms with van der Waals surface area (Å²) in [5.41, 5.74) is 1.92. The molecule has 1 N–H and O–H groups in total. The second-order valence-corrected chi connectivity index (χ2v) is 4.68. The summed E-state index contributed by atoms with van der Waals surface area (Å²) in [6.07, 6.45) is 1.12. The standard InChI is InChI=1S/C14H24N2O2/c1-5-13-8-12(10-17)9-14(15-13)16(4)6-7-18-11(2)3/h8-9,11,17H,5-7,10H2,1-4H3. The second-order valence-electron chi connectivity index (χ2n) is 4.68. The number of pyridine rings is 1. The van der Waals surface area contributed by atoms with Crippen LogP contribution >= 0.6 is 0 Å². The highest BCUT2D eigenvalue weighted by molar-refractivity contribution is 5.41. The fourth-order valence-corrected chi connectivity index (χ4v) is 1.64. The Balaban J connectivity index is 2.68. The maximum Gasteiger partial charge on any atom is 0.128 e. The minimum atomic E-state index is 0.0544. The van der Waals surface area contributed by atoms with Gasteiger partial charge in [-0.15, -0.1) is 0 Å². The van der Waals surface area contributed by atoms with Crippen molar-refractivity contribution in [2.75, 3.05) is 25.1 Å². The van der Waals surface area contributed by atoms with Crippen molar-refractivity contribution >= 4 is 5.82 Å². The summed E-state index contributed by atoms with van der Waals surface area (Å²) in [7, 11) is 1.99. The van der Waals surface area contributed by atoms with Crippen LogP contribution in [-0.4, -0.2) is 36.4 Å². The zero-order valence-corrected chi connectivity index (χ0v) is 11.8. The Kier molecular flexibility index (Phi) is 6.09. The normalized spacial score (nSPS) is 11.0. The van der Waals surface area contributed by atoms with Gasteiger partial charge in [-0.25, -0.2) is 4.98 Å². The topological polar surface area (TPSA) is 45.6 Å². The van der Waals surface area contributed by atoms with Gasteiger partial charge in [-0.1, -0.05) is 6.92 Å². The first-order valence-electron chi connectivity index (χ1n) is 6.50. The number of aromatic nitrogens is 1. The van der Waals surface area contributed by atoms with Crippen LogP contribution in [0.2, 0.25) is 0 Å². The van der Waals surface area contributed by atoms with E-state index in [1.54, 1.807) is 0 Å². The lowest BCUT2D eigenvalue weighted by Gasteiger charge is -2.20. The Bertz CT molecular complexity index is 345. The molecule has 0 unspecified atom stereocenters. The fourth-order valence-electron chi connectivity index (χ4n) is 1.64. The van der Waals surface area contributed by atoms with E-state index in [9.17, 15) is 5.11 Å². The number of anilines is 1. The van der Waals surface area contributed by atoms with Crippen LogP contribution in [0.25, 0.3) is 0 Å². The summed E-state index contributed by atoms with van der Waals surface area (Å²) >= 11 is 0. The number of aryl methyl sites for hydroxylation is 1. The van der Waals surface area contributed by atoms with E-state index in [-0.39, 0.29) is 12.7 Å². The van der Waals surface area contributed by atoms with Crippen LogP contribution in [0.15, 0.2) is 12.1 Å². The quantitative estimate of drug-likeness (QED) is 0.806. The van der Waals surface area contributed by atoms with Gasteiger partial charge in [0.05, 0.1) is 19.3 Å². The molecule has 1 heterocycles. The number of rotatable bonds is 7. The molecule has 0 saturated heterocycles. The average Bonchev–Trinajstić information content (AvgIpc) is 2.37. The summed E-state index contributed by atoms with van der Waals surface area (Å²) < 4.78 is 5.53. The lowest BCUT2D eigenvalue weighted by atomic mass is 10.2. The molecular formula is C14H24N2O2. The Labute approximate surface area is 110 Å². The van der Waals surface area contributed by atoms with Crippen molar-refractivity contribution in [1.82, 2.24) is 4.98 Å². The highest BCUT2D eigenvalue weighted by Gasteiger charge is 2.06. The predicted molar refractivity (Wildman–Crippen MR) is 73.9 cm³/mol. The molecule has 0 aliphatic heterocycles. The van der Waals surface area contributed by atoms with Crippen LogP contribution in [0.4, 0.5) is 5.82 Å². The zero-order valence-electron chi connectivity index (χ0n) is 11.8. The van der Waals surface area contributed by atoms with Crippen LogP contribution in [0.5, 0.6) is 0 Å². The molecule has 0 fully saturated rings. The first-order chi connectivity index (χ1) is 8.56. The van der Waals surface area contributed by atoms with Crippen LogP contribution in [0, 0.1) is 0 Å². The first-order valence-corrected chi connectivity index (χ1v) is 6.50. The molecule has 1 aromatic rings. The van der Waals surface area contributed by atoms with Gasteiger partial charge >= 0.3 is 0 Å². The van der Waals surface area contributed by atoms with E-state index in [4.69, 9.17) is 4.74 Å². The number of ether oxygens (including phenoxy) is 1. The summed E-state index contributed by atoms with van der Waals surface area (Å²) in [5, 5.41) is 9.24. The molecule has 0 spiro atoms. The zero-order chi connectivity index (χ0) is 13.5. The van der Waals surface area contributed by atoms with Gasteiger partial charge in [0.25, 0.3) is 0 Å². The van der Waals surface area contributed by atoms with Crippen LogP contribution < -0.4 is 4.90 Å². The molecule has 0 radical (unpaired) electrons. The van der Waals surface area contributed by atoms with Gasteiger partial charge in [0.2, 0.25) is 0 Å². The molecule has 0 aromatic carbocycles. The molecule has 0 amide bonds. The lowest BCUT2D eigenvalue weighted by Crippen LogP contribution is -2.25. The van der Waals surface area contributed by atoms with Crippen molar-refractivity contribution in [3.8, 4) is 0 Å². The number of aliphatic hydroxyl groups excluding tert-OH is 1. The van der Waals surface area contributed by atoms with Gasteiger partial charge in [0.1, 0.15) is 5.82 Å². The van der Waals surface area contributed by atoms with Crippen LogP contribution in [0.1, 0.15) is 32.0 Å². The van der Waals surface area contributed by atoms with Crippen molar-refractivity contribution in [3.63, 3.8) is 0 Å². The van der Waals surface area contributed by atoms with Gasteiger partial charge < -0.3 is 14.7 Å². The molecule has 18 heavy (non-hydrogen) atoms. The van der Waals surface area contributed by atoms with Crippen molar-refractivity contribution in [2.45, 2.75) is 39.9 Å². The fraction of sp³-hybridized carbons (Fsp3) is 0.643. The molecule has 4 nitrogen and oxygen atoms in total. The lowest BCUT2D eigenvalue weighted by molar-refractivity contribution is 0.0845. The van der Waals surface area contributed by atoms with E-state index < -0.39 is 0 Å². The number of hydrogen-bond acceptors (Lipinski definition) is 4. The van der Waals surface area contributed by atoms with Gasteiger partial charge in [-0.2, -0.15) is 0 Å². The molecule has 102 valence electrons. The SMILES string of the molecule is CCc1cc(CO)cc(N(C)CCOC(C)C)n1. The van der Waals surface area contributed by atoms with E-state index in [1.807, 2.05) is 33.0 Å².